The first-order chi connectivity index (χ1) is 14.9. The molecule has 0 bridgehead atoms. The van der Waals surface area contributed by atoms with Gasteiger partial charge in [0.05, 0.1) is 12.2 Å². The van der Waals surface area contributed by atoms with Crippen LogP contribution in [0.4, 0.5) is 11.4 Å². The van der Waals surface area contributed by atoms with E-state index in [2.05, 4.69) is 114 Å². The molecule has 162 valence electrons. The van der Waals surface area contributed by atoms with Crippen molar-refractivity contribution < 1.29 is 0 Å². The van der Waals surface area contributed by atoms with Crippen LogP contribution in [0.5, 0.6) is 0 Å². The van der Waals surface area contributed by atoms with Crippen LogP contribution in [0.15, 0.2) is 71.7 Å². The van der Waals surface area contributed by atoms with Crippen LogP contribution in [0.25, 0.3) is 0 Å². The van der Waals surface area contributed by atoms with Gasteiger partial charge in [-0.1, -0.05) is 94.4 Å². The van der Waals surface area contributed by atoms with Gasteiger partial charge in [-0.2, -0.15) is 0 Å². The van der Waals surface area contributed by atoms with Crippen LogP contribution < -0.4 is 5.32 Å². The molecular formula is C29H36N2. The highest BCUT2D eigenvalue weighted by molar-refractivity contribution is 5.93. The predicted molar refractivity (Wildman–Crippen MR) is 136 cm³/mol. The van der Waals surface area contributed by atoms with Crippen LogP contribution in [0.2, 0.25) is 0 Å². The molecule has 0 radical (unpaired) electrons. The van der Waals surface area contributed by atoms with Gasteiger partial charge in [-0.15, -0.1) is 0 Å². The molecule has 0 saturated heterocycles. The lowest BCUT2D eigenvalue weighted by Crippen LogP contribution is -2.18. The second kappa shape index (κ2) is 10.4. The maximum absolute atomic E-state index is 5.32. The molecule has 0 aromatic heterocycles. The van der Waals surface area contributed by atoms with E-state index in [-0.39, 0.29) is 0 Å². The van der Waals surface area contributed by atoms with Gasteiger partial charge >= 0.3 is 0 Å². The van der Waals surface area contributed by atoms with E-state index in [0.717, 1.165) is 24.4 Å². The minimum atomic E-state index is 0.432. The number of hydrogen-bond donors (Lipinski definition) is 1. The molecule has 2 heteroatoms. The summed E-state index contributed by atoms with van der Waals surface area (Å²) in [5.74, 6) is 0.865. The highest BCUT2D eigenvalue weighted by Gasteiger charge is 2.15. The Balaban J connectivity index is 2.03. The third-order valence-electron chi connectivity index (χ3n) is 5.81. The smallest absolute Gasteiger partial charge is 0.0699 e. The number of aryl methyl sites for hydroxylation is 2. The second-order valence-electron chi connectivity index (χ2n) is 9.06. The van der Waals surface area contributed by atoms with E-state index in [1.165, 1.54) is 33.5 Å². The van der Waals surface area contributed by atoms with Crippen molar-refractivity contribution in [1.29, 1.82) is 0 Å². The van der Waals surface area contributed by atoms with E-state index >= 15 is 0 Å². The van der Waals surface area contributed by atoms with Gasteiger partial charge < -0.3 is 5.32 Å². The van der Waals surface area contributed by atoms with Gasteiger partial charge in [-0.25, -0.2) is 0 Å². The van der Waals surface area contributed by atoms with Crippen molar-refractivity contribution in [3.8, 4) is 0 Å². The summed E-state index contributed by atoms with van der Waals surface area (Å²) < 4.78 is 0. The SMILES string of the molecule is Cc1cccc(C)c1NCC(Cc1ccccc1)=Nc1c(C(C)C)cccc1C(C)C. The number of rotatable bonds is 8. The van der Waals surface area contributed by atoms with Gasteiger partial charge in [-0.05, 0) is 53.5 Å². The molecule has 0 atom stereocenters. The topological polar surface area (TPSA) is 24.4 Å². The third-order valence-corrected chi connectivity index (χ3v) is 5.81. The molecule has 0 amide bonds. The van der Waals surface area contributed by atoms with E-state index < -0.39 is 0 Å². The average Bonchev–Trinajstić information content (AvgIpc) is 2.73. The number of para-hydroxylation sites is 2. The number of hydrogen-bond acceptors (Lipinski definition) is 2. The summed E-state index contributed by atoms with van der Waals surface area (Å²) >= 11 is 0. The first-order valence-electron chi connectivity index (χ1n) is 11.4. The fourth-order valence-corrected chi connectivity index (χ4v) is 4.06. The maximum Gasteiger partial charge on any atom is 0.0699 e. The number of aliphatic imine (C=N–C) groups is 1. The van der Waals surface area contributed by atoms with Gasteiger partial charge in [0.1, 0.15) is 0 Å². The third kappa shape index (κ3) is 5.85. The Labute approximate surface area is 188 Å². The molecule has 0 spiro atoms. The Hall–Kier alpha value is -2.87. The molecule has 0 aliphatic heterocycles. The van der Waals surface area contributed by atoms with Gasteiger partial charge in [0.2, 0.25) is 0 Å². The second-order valence-corrected chi connectivity index (χ2v) is 9.06. The summed E-state index contributed by atoms with van der Waals surface area (Å²) in [6, 6.07) is 23.7. The Bertz CT molecular complexity index is 983. The van der Waals surface area contributed by atoms with Crippen molar-refractivity contribution in [2.45, 2.75) is 59.8 Å². The lowest BCUT2D eigenvalue weighted by molar-refractivity contribution is 0.834. The first kappa shape index (κ1) is 22.8. The van der Waals surface area contributed by atoms with Crippen molar-refractivity contribution in [2.24, 2.45) is 4.99 Å². The monoisotopic (exact) mass is 412 g/mol. The van der Waals surface area contributed by atoms with Crippen molar-refractivity contribution >= 4 is 17.1 Å². The largest absolute Gasteiger partial charge is 0.379 e. The van der Waals surface area contributed by atoms with Crippen LogP contribution in [0.1, 0.15) is 67.3 Å². The zero-order valence-electron chi connectivity index (χ0n) is 19.9. The summed E-state index contributed by atoms with van der Waals surface area (Å²) in [7, 11) is 0. The fourth-order valence-electron chi connectivity index (χ4n) is 4.06. The normalized spacial score (nSPS) is 11.9. The first-order valence-corrected chi connectivity index (χ1v) is 11.4. The summed E-state index contributed by atoms with van der Waals surface area (Å²) in [4.78, 5) is 5.32. The van der Waals surface area contributed by atoms with E-state index in [1.54, 1.807) is 0 Å². The summed E-state index contributed by atoms with van der Waals surface area (Å²) in [5.41, 5.74) is 9.99. The molecule has 3 rings (SSSR count). The van der Waals surface area contributed by atoms with Crippen LogP contribution >= 0.6 is 0 Å². The van der Waals surface area contributed by atoms with E-state index in [9.17, 15) is 0 Å². The molecule has 2 nitrogen and oxygen atoms in total. The summed E-state index contributed by atoms with van der Waals surface area (Å²) in [6.45, 7) is 14.1. The molecule has 31 heavy (non-hydrogen) atoms. The minimum absolute atomic E-state index is 0.432. The molecule has 0 aliphatic carbocycles. The molecule has 0 fully saturated rings. The maximum atomic E-state index is 5.32. The fraction of sp³-hybridized carbons (Fsp3) is 0.345. The Kier molecular flexibility index (Phi) is 7.68. The molecule has 0 unspecified atom stereocenters. The summed E-state index contributed by atoms with van der Waals surface area (Å²) in [5, 5.41) is 3.69. The highest BCUT2D eigenvalue weighted by atomic mass is 14.9. The van der Waals surface area contributed by atoms with E-state index in [4.69, 9.17) is 4.99 Å². The number of benzene rings is 3. The number of nitrogens with zero attached hydrogens (tertiary/aromatic N) is 1. The standard InChI is InChI=1S/C29H36N2/c1-20(2)26-16-11-17-27(21(3)4)29(26)31-25(18-24-14-8-7-9-15-24)19-30-28-22(5)12-10-13-23(28)6/h7-17,20-21,30H,18-19H2,1-6H3. The van der Waals surface area contributed by atoms with Crippen LogP contribution in [0, 0.1) is 13.8 Å². The number of nitrogens with one attached hydrogen (secondary N) is 1. The van der Waals surface area contributed by atoms with Gasteiger partial charge in [0, 0.05) is 17.8 Å². The van der Waals surface area contributed by atoms with Crippen LogP contribution in [0.3, 0.4) is 0 Å². The molecule has 3 aromatic carbocycles. The molecular weight excluding hydrogens is 376 g/mol. The zero-order valence-corrected chi connectivity index (χ0v) is 19.9. The lowest BCUT2D eigenvalue weighted by atomic mass is 9.92. The van der Waals surface area contributed by atoms with Gasteiger partial charge in [0.15, 0.2) is 0 Å². The Morgan fingerprint density at radius 1 is 0.742 bits per heavy atom. The highest BCUT2D eigenvalue weighted by Crippen LogP contribution is 2.35. The quantitative estimate of drug-likeness (QED) is 0.373. The molecule has 0 heterocycles. The molecule has 1 N–H and O–H groups in total. The number of anilines is 1. The van der Waals surface area contributed by atoms with Gasteiger partial charge in [0.25, 0.3) is 0 Å². The van der Waals surface area contributed by atoms with Crippen molar-refractivity contribution in [2.75, 3.05) is 11.9 Å². The Morgan fingerprint density at radius 3 is 1.84 bits per heavy atom. The van der Waals surface area contributed by atoms with Crippen LogP contribution in [-0.4, -0.2) is 12.3 Å². The molecule has 3 aromatic rings. The van der Waals surface area contributed by atoms with E-state index in [0.29, 0.717) is 11.8 Å². The predicted octanol–water partition coefficient (Wildman–Crippen LogP) is 7.98. The Morgan fingerprint density at radius 2 is 1.29 bits per heavy atom. The summed E-state index contributed by atoms with van der Waals surface area (Å²) in [6.07, 6.45) is 0.836. The van der Waals surface area contributed by atoms with Crippen molar-refractivity contribution in [1.82, 2.24) is 0 Å². The van der Waals surface area contributed by atoms with Crippen molar-refractivity contribution in [3.63, 3.8) is 0 Å². The minimum Gasteiger partial charge on any atom is -0.379 e. The lowest BCUT2D eigenvalue weighted by Gasteiger charge is -2.19. The van der Waals surface area contributed by atoms with Gasteiger partial charge in [-0.3, -0.25) is 4.99 Å². The van der Waals surface area contributed by atoms with Crippen LogP contribution in [-0.2, 0) is 6.42 Å². The van der Waals surface area contributed by atoms with Crippen molar-refractivity contribution in [3.05, 3.63) is 94.5 Å². The van der Waals surface area contributed by atoms with E-state index in [1.807, 2.05) is 0 Å². The average molecular weight is 413 g/mol. The molecule has 0 saturated carbocycles. The zero-order chi connectivity index (χ0) is 22.4. The molecule has 0 aliphatic rings.